The monoisotopic (exact) mass is 278 g/mol. The molecule has 0 bridgehead atoms. The summed E-state index contributed by atoms with van der Waals surface area (Å²) in [4.78, 5) is 33.2. The molecule has 1 aromatic carbocycles. The summed E-state index contributed by atoms with van der Waals surface area (Å²) in [5.41, 5.74) is 1.14. The maximum Gasteiger partial charge on any atom is 0.319 e. The van der Waals surface area contributed by atoms with Gasteiger partial charge in [-0.25, -0.2) is 4.79 Å². The van der Waals surface area contributed by atoms with Crippen LogP contribution in [0.25, 0.3) is 0 Å². The third-order valence-corrected chi connectivity index (χ3v) is 2.68. The van der Waals surface area contributed by atoms with Crippen molar-refractivity contribution in [3.8, 4) is 0 Å². The van der Waals surface area contributed by atoms with E-state index >= 15 is 0 Å². The van der Waals surface area contributed by atoms with Crippen molar-refractivity contribution in [3.63, 3.8) is 0 Å². The van der Waals surface area contributed by atoms with E-state index in [1.54, 1.807) is 31.2 Å². The Morgan fingerprint density at radius 2 is 1.80 bits per heavy atom. The van der Waals surface area contributed by atoms with Crippen LogP contribution in [-0.2, 0) is 4.79 Å². The van der Waals surface area contributed by atoms with E-state index in [-0.39, 0.29) is 24.7 Å². The lowest BCUT2D eigenvalue weighted by molar-refractivity contribution is -0.137. The van der Waals surface area contributed by atoms with Gasteiger partial charge in [0.25, 0.3) is 0 Å². The van der Waals surface area contributed by atoms with Crippen LogP contribution in [-0.4, -0.2) is 29.4 Å². The second-order valence-electron chi connectivity index (χ2n) is 4.67. The first-order valence-electron chi connectivity index (χ1n) is 6.26. The number of hydrogen-bond donors (Lipinski definition) is 3. The molecule has 6 nitrogen and oxygen atoms in total. The minimum Gasteiger partial charge on any atom is -0.481 e. The number of carboxylic acid groups (broad SMARTS) is 1. The highest BCUT2D eigenvalue weighted by Gasteiger charge is 2.09. The Kier molecular flexibility index (Phi) is 5.71. The smallest absolute Gasteiger partial charge is 0.319 e. The van der Waals surface area contributed by atoms with Crippen LogP contribution in [0, 0.1) is 5.92 Å². The van der Waals surface area contributed by atoms with Gasteiger partial charge in [0.05, 0.1) is 0 Å². The Balaban J connectivity index is 2.42. The molecule has 6 heteroatoms. The fourth-order valence-corrected chi connectivity index (χ4v) is 1.60. The first-order valence-corrected chi connectivity index (χ1v) is 6.26. The van der Waals surface area contributed by atoms with Crippen molar-refractivity contribution in [3.05, 3.63) is 29.8 Å². The highest BCUT2D eigenvalue weighted by atomic mass is 16.4. The molecular weight excluding hydrogens is 260 g/mol. The van der Waals surface area contributed by atoms with Gasteiger partial charge in [0.15, 0.2) is 5.78 Å². The lowest BCUT2D eigenvalue weighted by atomic mass is 10.1. The van der Waals surface area contributed by atoms with E-state index < -0.39 is 12.0 Å². The number of ketones is 1. The van der Waals surface area contributed by atoms with Gasteiger partial charge in [0.1, 0.15) is 0 Å². The van der Waals surface area contributed by atoms with Crippen LogP contribution in [0.5, 0.6) is 0 Å². The number of aliphatic carboxylic acids is 1. The quantitative estimate of drug-likeness (QED) is 0.694. The summed E-state index contributed by atoms with van der Waals surface area (Å²) in [6, 6.07) is 6.13. The number of hydrogen-bond acceptors (Lipinski definition) is 3. The van der Waals surface area contributed by atoms with E-state index in [1.807, 2.05) is 0 Å². The number of benzene rings is 1. The van der Waals surface area contributed by atoms with Gasteiger partial charge in [-0.05, 0) is 37.1 Å². The molecule has 108 valence electrons. The largest absolute Gasteiger partial charge is 0.481 e. The van der Waals surface area contributed by atoms with E-state index in [4.69, 9.17) is 5.11 Å². The van der Waals surface area contributed by atoms with Crippen molar-refractivity contribution in [2.75, 3.05) is 11.9 Å². The zero-order chi connectivity index (χ0) is 15.1. The topological polar surface area (TPSA) is 95.5 Å². The maximum atomic E-state index is 11.6. The number of urea groups is 1. The molecule has 3 N–H and O–H groups in total. The highest BCUT2D eigenvalue weighted by Crippen LogP contribution is 2.10. The summed E-state index contributed by atoms with van der Waals surface area (Å²) >= 11 is 0. The number of amides is 2. The van der Waals surface area contributed by atoms with E-state index in [2.05, 4.69) is 10.6 Å². The lowest BCUT2D eigenvalue weighted by Crippen LogP contribution is -2.32. The number of carbonyl (C=O) groups excluding carboxylic acids is 2. The third-order valence-electron chi connectivity index (χ3n) is 2.68. The lowest BCUT2D eigenvalue weighted by Gasteiger charge is -2.11. The van der Waals surface area contributed by atoms with Gasteiger partial charge in [-0.3, -0.25) is 9.59 Å². The SMILES string of the molecule is CC(=O)c1ccc(NC(=O)NCC(C)CC(=O)O)cc1. The molecule has 0 saturated carbocycles. The molecule has 0 aliphatic rings. The number of carboxylic acids is 1. The average molecular weight is 278 g/mol. The number of rotatable bonds is 6. The standard InChI is InChI=1S/C14H18N2O4/c1-9(7-13(18)19)8-15-14(20)16-12-5-3-11(4-6-12)10(2)17/h3-6,9H,7-8H2,1-2H3,(H,18,19)(H2,15,16,20). The highest BCUT2D eigenvalue weighted by molar-refractivity contribution is 5.95. The van der Waals surface area contributed by atoms with E-state index in [0.717, 1.165) is 0 Å². The Morgan fingerprint density at radius 1 is 1.20 bits per heavy atom. The van der Waals surface area contributed by atoms with Crippen molar-refractivity contribution in [1.82, 2.24) is 5.32 Å². The summed E-state index contributed by atoms with van der Waals surface area (Å²) in [6.45, 7) is 3.50. The van der Waals surface area contributed by atoms with E-state index in [1.165, 1.54) is 6.92 Å². The Morgan fingerprint density at radius 3 is 2.30 bits per heavy atom. The third kappa shape index (κ3) is 5.51. The molecule has 0 heterocycles. The van der Waals surface area contributed by atoms with Crippen molar-refractivity contribution in [2.24, 2.45) is 5.92 Å². The number of carbonyl (C=O) groups is 3. The van der Waals surface area contributed by atoms with Gasteiger partial charge in [0, 0.05) is 24.2 Å². The molecule has 0 radical (unpaired) electrons. The van der Waals surface area contributed by atoms with Gasteiger partial charge in [-0.2, -0.15) is 0 Å². The van der Waals surface area contributed by atoms with Crippen LogP contribution < -0.4 is 10.6 Å². The van der Waals surface area contributed by atoms with Crippen molar-refractivity contribution >= 4 is 23.5 Å². The molecule has 1 unspecified atom stereocenters. The van der Waals surface area contributed by atoms with Crippen molar-refractivity contribution < 1.29 is 19.5 Å². The number of Topliss-reactive ketones (excluding diaryl/α,β-unsaturated/α-hetero) is 1. The summed E-state index contributed by atoms with van der Waals surface area (Å²) in [5, 5.41) is 13.8. The molecule has 0 aromatic heterocycles. The molecule has 0 fully saturated rings. The summed E-state index contributed by atoms with van der Waals surface area (Å²) in [5.74, 6) is -1.07. The Labute approximate surface area is 117 Å². The minimum absolute atomic E-state index is 0.00753. The predicted octanol–water partition coefficient (Wildman–Crippen LogP) is 2.12. The molecule has 20 heavy (non-hydrogen) atoms. The molecule has 2 amide bonds. The van der Waals surface area contributed by atoms with Crippen LogP contribution in [0.4, 0.5) is 10.5 Å². The molecule has 1 rings (SSSR count). The summed E-state index contributed by atoms with van der Waals surface area (Å²) < 4.78 is 0. The minimum atomic E-state index is -0.889. The first-order chi connectivity index (χ1) is 9.38. The van der Waals surface area contributed by atoms with E-state index in [0.29, 0.717) is 11.3 Å². The number of anilines is 1. The van der Waals surface area contributed by atoms with Crippen LogP contribution in [0.15, 0.2) is 24.3 Å². The van der Waals surface area contributed by atoms with Gasteiger partial charge < -0.3 is 15.7 Å². The molecule has 0 aliphatic heterocycles. The second kappa shape index (κ2) is 7.28. The van der Waals surface area contributed by atoms with Crippen LogP contribution in [0.1, 0.15) is 30.6 Å². The van der Waals surface area contributed by atoms with Crippen molar-refractivity contribution in [1.29, 1.82) is 0 Å². The first kappa shape index (κ1) is 15.7. The summed E-state index contributed by atoms with van der Waals surface area (Å²) in [6.07, 6.45) is 0.00753. The predicted molar refractivity (Wildman–Crippen MR) is 74.9 cm³/mol. The Hall–Kier alpha value is -2.37. The Bertz CT molecular complexity index is 496. The van der Waals surface area contributed by atoms with Gasteiger partial charge in [0.2, 0.25) is 0 Å². The maximum absolute atomic E-state index is 11.6. The number of nitrogens with one attached hydrogen (secondary N) is 2. The molecular formula is C14H18N2O4. The summed E-state index contributed by atoms with van der Waals surface area (Å²) in [7, 11) is 0. The molecule has 1 atom stereocenters. The average Bonchev–Trinajstić information content (AvgIpc) is 2.36. The normalized spacial score (nSPS) is 11.5. The molecule has 0 spiro atoms. The van der Waals surface area contributed by atoms with E-state index in [9.17, 15) is 14.4 Å². The molecule has 0 saturated heterocycles. The fraction of sp³-hybridized carbons (Fsp3) is 0.357. The van der Waals surface area contributed by atoms with Crippen molar-refractivity contribution in [2.45, 2.75) is 20.3 Å². The second-order valence-corrected chi connectivity index (χ2v) is 4.67. The zero-order valence-electron chi connectivity index (χ0n) is 11.5. The van der Waals surface area contributed by atoms with Gasteiger partial charge >= 0.3 is 12.0 Å². The van der Waals surface area contributed by atoms with Gasteiger partial charge in [-0.1, -0.05) is 6.92 Å². The molecule has 0 aliphatic carbocycles. The zero-order valence-corrected chi connectivity index (χ0v) is 11.5. The fourth-order valence-electron chi connectivity index (χ4n) is 1.60. The van der Waals surface area contributed by atoms with Gasteiger partial charge in [-0.15, -0.1) is 0 Å². The van der Waals surface area contributed by atoms with Crippen LogP contribution in [0.2, 0.25) is 0 Å². The van der Waals surface area contributed by atoms with Crippen LogP contribution >= 0.6 is 0 Å². The van der Waals surface area contributed by atoms with Crippen LogP contribution in [0.3, 0.4) is 0 Å². The molecule has 1 aromatic rings.